The lowest BCUT2D eigenvalue weighted by Gasteiger charge is -2.34. The van der Waals surface area contributed by atoms with Crippen molar-refractivity contribution in [2.75, 3.05) is 19.4 Å². The lowest BCUT2D eigenvalue weighted by molar-refractivity contribution is 0.0634. The number of nitrogens with zero attached hydrogens (tertiary/aromatic N) is 2. The van der Waals surface area contributed by atoms with Crippen molar-refractivity contribution in [2.45, 2.75) is 45.9 Å². The third-order valence-corrected chi connectivity index (χ3v) is 5.33. The fourth-order valence-corrected chi connectivity index (χ4v) is 3.51. The monoisotopic (exact) mass is 507 g/mol. The van der Waals surface area contributed by atoms with Crippen LogP contribution in [0.15, 0.2) is 30.3 Å². The number of carbonyl (C=O) groups is 3. The molecule has 1 atom stereocenters. The number of benzene rings is 2. The Morgan fingerprint density at radius 3 is 2.57 bits per heavy atom. The molecule has 11 heteroatoms. The van der Waals surface area contributed by atoms with Gasteiger partial charge >= 0.3 is 18.3 Å². The summed E-state index contributed by atoms with van der Waals surface area (Å²) in [6.45, 7) is 6.69. The predicted octanol–water partition coefficient (Wildman–Crippen LogP) is 5.96. The van der Waals surface area contributed by atoms with Gasteiger partial charge in [-0.25, -0.2) is 18.8 Å². The van der Waals surface area contributed by atoms with E-state index in [0.717, 1.165) is 0 Å². The van der Waals surface area contributed by atoms with Gasteiger partial charge in [-0.1, -0.05) is 23.7 Å². The molecule has 0 aliphatic carbocycles. The summed E-state index contributed by atoms with van der Waals surface area (Å²) in [6, 6.07) is 6.83. The van der Waals surface area contributed by atoms with E-state index < -0.39 is 35.7 Å². The minimum atomic E-state index is -0.798. The highest BCUT2D eigenvalue weighted by atomic mass is 35.5. The molecule has 3 rings (SSSR count). The zero-order chi connectivity index (χ0) is 26.1. The van der Waals surface area contributed by atoms with Crippen LogP contribution in [0.2, 0.25) is 5.02 Å². The summed E-state index contributed by atoms with van der Waals surface area (Å²) in [7, 11) is 3.04. The zero-order valence-corrected chi connectivity index (χ0v) is 21.0. The lowest BCUT2D eigenvalue weighted by Crippen LogP contribution is -2.39. The molecule has 2 aromatic carbocycles. The molecule has 2 aromatic rings. The topological polar surface area (TPSA) is 97.4 Å². The number of rotatable bonds is 4. The molecular formula is C24H27ClFN3O6. The van der Waals surface area contributed by atoms with Gasteiger partial charge < -0.3 is 19.1 Å². The van der Waals surface area contributed by atoms with E-state index in [0.29, 0.717) is 5.56 Å². The summed E-state index contributed by atoms with van der Waals surface area (Å²) < 4.78 is 31.0. The first-order chi connectivity index (χ1) is 16.3. The van der Waals surface area contributed by atoms with Gasteiger partial charge in [0.25, 0.3) is 0 Å². The van der Waals surface area contributed by atoms with E-state index in [1.165, 1.54) is 48.2 Å². The normalized spacial score (nSPS) is 15.1. The Morgan fingerprint density at radius 1 is 1.26 bits per heavy atom. The Hall–Kier alpha value is -3.53. The van der Waals surface area contributed by atoms with Gasteiger partial charge in [-0.05, 0) is 39.8 Å². The van der Waals surface area contributed by atoms with E-state index in [2.05, 4.69) is 5.32 Å². The minimum Gasteiger partial charge on any atom is -0.444 e. The second-order valence-electron chi connectivity index (χ2n) is 9.16. The quantitative estimate of drug-likeness (QED) is 0.548. The number of nitrogens with one attached hydrogen (secondary N) is 1. The summed E-state index contributed by atoms with van der Waals surface area (Å²) in [5, 5.41) is 2.54. The fraction of sp³-hybridized carbons (Fsp3) is 0.375. The van der Waals surface area contributed by atoms with Crippen molar-refractivity contribution in [3.8, 4) is 11.5 Å². The van der Waals surface area contributed by atoms with E-state index >= 15 is 4.39 Å². The van der Waals surface area contributed by atoms with Crippen LogP contribution in [0.4, 0.5) is 24.5 Å². The van der Waals surface area contributed by atoms with Gasteiger partial charge in [0.2, 0.25) is 0 Å². The summed E-state index contributed by atoms with van der Waals surface area (Å²) in [6.07, 6.45) is -2.16. The molecule has 0 aromatic heterocycles. The molecule has 3 amide bonds. The first kappa shape index (κ1) is 26.1. The maximum absolute atomic E-state index is 15.2. The summed E-state index contributed by atoms with van der Waals surface area (Å²) in [5.74, 6) is -0.469. The molecule has 9 nitrogen and oxygen atoms in total. The number of amides is 3. The van der Waals surface area contributed by atoms with Gasteiger partial charge in [-0.3, -0.25) is 10.2 Å². The average molecular weight is 508 g/mol. The zero-order valence-electron chi connectivity index (χ0n) is 20.3. The molecule has 0 saturated heterocycles. The van der Waals surface area contributed by atoms with Gasteiger partial charge in [0.15, 0.2) is 11.6 Å². The van der Waals surface area contributed by atoms with Crippen molar-refractivity contribution in [1.29, 1.82) is 0 Å². The predicted molar refractivity (Wildman–Crippen MR) is 127 cm³/mol. The Kier molecular flexibility index (Phi) is 7.44. The molecule has 1 N–H and O–H groups in total. The van der Waals surface area contributed by atoms with Crippen molar-refractivity contribution >= 4 is 35.6 Å². The standard InChI is InChI=1S/C24H27ClFN3O6/c1-13-15-10-16(25)19(34-22(31)28(5)6)11-18(15)33-23(32)29(13)12-14-8-7-9-17(20(14)26)27-21(30)35-24(2,3)4/h7-11,13H,12H2,1-6H3,(H,27,30). The highest BCUT2D eigenvalue weighted by Gasteiger charge is 2.34. The van der Waals surface area contributed by atoms with Crippen molar-refractivity contribution in [3.63, 3.8) is 0 Å². The molecular weight excluding hydrogens is 481 g/mol. The van der Waals surface area contributed by atoms with Crippen LogP contribution in [0, 0.1) is 5.82 Å². The van der Waals surface area contributed by atoms with Crippen molar-refractivity contribution < 1.29 is 33.0 Å². The maximum Gasteiger partial charge on any atom is 0.416 e. The van der Waals surface area contributed by atoms with Crippen LogP contribution in [0.3, 0.4) is 0 Å². The third-order valence-electron chi connectivity index (χ3n) is 5.03. The van der Waals surface area contributed by atoms with E-state index in [9.17, 15) is 14.4 Å². The second-order valence-corrected chi connectivity index (χ2v) is 9.57. The number of ether oxygens (including phenoxy) is 3. The molecule has 0 fully saturated rings. The fourth-order valence-electron chi connectivity index (χ4n) is 3.30. The third kappa shape index (κ3) is 6.13. The van der Waals surface area contributed by atoms with Crippen LogP contribution in [0.5, 0.6) is 11.5 Å². The molecule has 0 radical (unpaired) electrons. The van der Waals surface area contributed by atoms with Gasteiger partial charge in [0, 0.05) is 31.3 Å². The number of fused-ring (bicyclic) bond motifs is 1. The summed E-state index contributed by atoms with van der Waals surface area (Å²) >= 11 is 6.29. The Balaban J connectivity index is 1.82. The summed E-state index contributed by atoms with van der Waals surface area (Å²) in [5.41, 5.74) is -0.105. The van der Waals surface area contributed by atoms with E-state index in [1.54, 1.807) is 33.8 Å². The van der Waals surface area contributed by atoms with Crippen LogP contribution in [0.25, 0.3) is 0 Å². The Bertz CT molecular complexity index is 1160. The molecule has 1 unspecified atom stereocenters. The average Bonchev–Trinajstić information content (AvgIpc) is 2.73. The maximum atomic E-state index is 15.2. The van der Waals surface area contributed by atoms with Crippen LogP contribution < -0.4 is 14.8 Å². The smallest absolute Gasteiger partial charge is 0.416 e. The van der Waals surface area contributed by atoms with Gasteiger partial charge in [-0.15, -0.1) is 0 Å². The number of carbonyl (C=O) groups excluding carboxylic acids is 3. The van der Waals surface area contributed by atoms with E-state index in [-0.39, 0.29) is 34.3 Å². The molecule has 1 heterocycles. The number of hydrogen-bond donors (Lipinski definition) is 1. The SMILES string of the molecule is CC1c2cc(Cl)c(OC(=O)N(C)C)cc2OC(=O)N1Cc1cccc(NC(=O)OC(C)(C)C)c1F. The summed E-state index contributed by atoms with van der Waals surface area (Å²) in [4.78, 5) is 39.2. The molecule has 0 bridgehead atoms. The van der Waals surface area contributed by atoms with Crippen molar-refractivity contribution in [2.24, 2.45) is 0 Å². The van der Waals surface area contributed by atoms with Gasteiger partial charge in [0.1, 0.15) is 11.4 Å². The molecule has 1 aliphatic rings. The van der Waals surface area contributed by atoms with Crippen LogP contribution in [-0.4, -0.2) is 47.8 Å². The van der Waals surface area contributed by atoms with Crippen molar-refractivity contribution in [3.05, 3.63) is 52.3 Å². The van der Waals surface area contributed by atoms with E-state index in [4.69, 9.17) is 25.8 Å². The largest absolute Gasteiger partial charge is 0.444 e. The van der Waals surface area contributed by atoms with E-state index in [1.807, 2.05) is 0 Å². The highest BCUT2D eigenvalue weighted by molar-refractivity contribution is 6.32. The molecule has 0 saturated carbocycles. The molecule has 188 valence electrons. The number of anilines is 1. The second kappa shape index (κ2) is 9.99. The Labute approximate surface area is 207 Å². The van der Waals surface area contributed by atoms with Crippen LogP contribution in [-0.2, 0) is 11.3 Å². The number of hydrogen-bond acceptors (Lipinski definition) is 6. The molecule has 0 spiro atoms. The van der Waals surface area contributed by atoms with Gasteiger partial charge in [-0.2, -0.15) is 0 Å². The number of halogens is 2. The molecule has 35 heavy (non-hydrogen) atoms. The van der Waals surface area contributed by atoms with Crippen LogP contribution in [0.1, 0.15) is 44.9 Å². The highest BCUT2D eigenvalue weighted by Crippen LogP contribution is 2.41. The Morgan fingerprint density at radius 2 is 1.94 bits per heavy atom. The first-order valence-electron chi connectivity index (χ1n) is 10.7. The van der Waals surface area contributed by atoms with Gasteiger partial charge in [0.05, 0.1) is 23.3 Å². The first-order valence-corrected chi connectivity index (χ1v) is 11.1. The lowest BCUT2D eigenvalue weighted by atomic mass is 10.0. The van der Waals surface area contributed by atoms with Crippen molar-refractivity contribution in [1.82, 2.24) is 9.80 Å². The molecule has 1 aliphatic heterocycles. The van der Waals surface area contributed by atoms with Crippen LogP contribution >= 0.6 is 11.6 Å². The minimum absolute atomic E-state index is 0.0459.